The molecule has 12 heavy (non-hydrogen) atoms. The SMILES string of the molecule is CO/N=[C]\c1ccc(C#N)cc1. The second-order valence-corrected chi connectivity index (χ2v) is 2.07. The molecule has 0 aromatic heterocycles. The first kappa shape index (κ1) is 8.28. The fourth-order valence-corrected chi connectivity index (χ4v) is 0.718. The summed E-state index contributed by atoms with van der Waals surface area (Å²) in [7, 11) is 1.46. The molecule has 0 heterocycles. The summed E-state index contributed by atoms with van der Waals surface area (Å²) in [6.45, 7) is 0. The molecule has 0 amide bonds. The van der Waals surface area contributed by atoms with Crippen molar-refractivity contribution in [2.45, 2.75) is 0 Å². The molecule has 59 valence electrons. The van der Waals surface area contributed by atoms with Gasteiger partial charge in [0.1, 0.15) is 13.3 Å². The van der Waals surface area contributed by atoms with Crippen molar-refractivity contribution in [2.24, 2.45) is 5.16 Å². The molecular formula is C9H7N2O. The summed E-state index contributed by atoms with van der Waals surface area (Å²) in [5.74, 6) is 0. The third-order valence-electron chi connectivity index (χ3n) is 1.28. The van der Waals surface area contributed by atoms with Crippen LogP contribution in [0.4, 0.5) is 0 Å². The van der Waals surface area contributed by atoms with Crippen molar-refractivity contribution in [3.05, 3.63) is 35.4 Å². The highest BCUT2D eigenvalue weighted by Gasteiger charge is 1.89. The molecule has 1 rings (SSSR count). The topological polar surface area (TPSA) is 45.4 Å². The molecular weight excluding hydrogens is 152 g/mol. The molecule has 0 aliphatic rings. The minimum atomic E-state index is 0.623. The quantitative estimate of drug-likeness (QED) is 0.483. The number of nitrogens with zero attached hydrogens (tertiary/aromatic N) is 2. The maximum absolute atomic E-state index is 8.49. The van der Waals surface area contributed by atoms with Crippen LogP contribution in [0.1, 0.15) is 11.1 Å². The lowest BCUT2D eigenvalue weighted by molar-refractivity contribution is 0.215. The molecule has 0 atom stereocenters. The largest absolute Gasteiger partial charge is 0.399 e. The highest BCUT2D eigenvalue weighted by Crippen LogP contribution is 2.00. The molecule has 0 saturated carbocycles. The number of hydrogen-bond acceptors (Lipinski definition) is 3. The molecule has 0 fully saturated rings. The first-order valence-corrected chi connectivity index (χ1v) is 3.36. The second-order valence-electron chi connectivity index (χ2n) is 2.07. The van der Waals surface area contributed by atoms with Crippen LogP contribution >= 0.6 is 0 Å². The van der Waals surface area contributed by atoms with Crippen LogP contribution in [0.15, 0.2) is 29.4 Å². The Bertz CT molecular complexity index is 308. The lowest BCUT2D eigenvalue weighted by atomic mass is 10.2. The van der Waals surface area contributed by atoms with Gasteiger partial charge in [-0.15, -0.1) is 0 Å². The van der Waals surface area contributed by atoms with E-state index in [1.807, 2.05) is 6.07 Å². The van der Waals surface area contributed by atoms with E-state index in [-0.39, 0.29) is 0 Å². The van der Waals surface area contributed by atoms with Gasteiger partial charge in [0.15, 0.2) is 0 Å². The van der Waals surface area contributed by atoms with Crippen LogP contribution in [-0.4, -0.2) is 13.3 Å². The van der Waals surface area contributed by atoms with Gasteiger partial charge < -0.3 is 4.84 Å². The predicted octanol–water partition coefficient (Wildman–Crippen LogP) is 1.42. The minimum Gasteiger partial charge on any atom is -0.399 e. The van der Waals surface area contributed by atoms with E-state index in [2.05, 4.69) is 16.2 Å². The van der Waals surface area contributed by atoms with Crippen LogP contribution in [-0.2, 0) is 4.84 Å². The Morgan fingerprint density at radius 1 is 1.25 bits per heavy atom. The van der Waals surface area contributed by atoms with E-state index < -0.39 is 0 Å². The van der Waals surface area contributed by atoms with Crippen LogP contribution < -0.4 is 0 Å². The van der Waals surface area contributed by atoms with Crippen molar-refractivity contribution < 1.29 is 4.84 Å². The van der Waals surface area contributed by atoms with Crippen LogP contribution in [0.25, 0.3) is 0 Å². The zero-order valence-electron chi connectivity index (χ0n) is 6.61. The van der Waals surface area contributed by atoms with Gasteiger partial charge in [0.25, 0.3) is 0 Å². The van der Waals surface area contributed by atoms with Gasteiger partial charge in [-0.05, 0) is 12.1 Å². The number of rotatable bonds is 2. The Morgan fingerprint density at radius 3 is 2.33 bits per heavy atom. The molecule has 0 unspecified atom stereocenters. The van der Waals surface area contributed by atoms with Crippen LogP contribution in [0.3, 0.4) is 0 Å². The minimum absolute atomic E-state index is 0.623. The fraction of sp³-hybridized carbons (Fsp3) is 0.111. The Kier molecular flexibility index (Phi) is 2.86. The summed E-state index contributed by atoms with van der Waals surface area (Å²) in [6, 6.07) is 8.93. The van der Waals surface area contributed by atoms with Gasteiger partial charge in [-0.3, -0.25) is 0 Å². The van der Waals surface area contributed by atoms with E-state index in [1.54, 1.807) is 24.3 Å². The summed E-state index contributed by atoms with van der Waals surface area (Å²) in [5.41, 5.74) is 1.41. The number of benzene rings is 1. The maximum Gasteiger partial charge on any atom is 0.139 e. The molecule has 0 spiro atoms. The second kappa shape index (κ2) is 4.14. The smallest absolute Gasteiger partial charge is 0.139 e. The molecule has 3 heteroatoms. The Hall–Kier alpha value is -1.82. The highest BCUT2D eigenvalue weighted by atomic mass is 16.6. The fourth-order valence-electron chi connectivity index (χ4n) is 0.718. The average Bonchev–Trinajstić information content (AvgIpc) is 2.15. The van der Waals surface area contributed by atoms with Crippen LogP contribution in [0.5, 0.6) is 0 Å². The summed E-state index contributed by atoms with van der Waals surface area (Å²) in [6.07, 6.45) is 2.64. The van der Waals surface area contributed by atoms with Crippen LogP contribution in [0, 0.1) is 11.3 Å². The lowest BCUT2D eigenvalue weighted by Gasteiger charge is -1.90. The number of nitriles is 1. The molecule has 0 N–H and O–H groups in total. The standard InChI is InChI=1S/C9H7N2O/c1-12-11-7-9-4-2-8(6-10)3-5-9/h2-5H,1H3. The molecule has 0 saturated heterocycles. The highest BCUT2D eigenvalue weighted by molar-refractivity contribution is 5.79. The summed E-state index contributed by atoms with van der Waals surface area (Å²) >= 11 is 0. The summed E-state index contributed by atoms with van der Waals surface area (Å²) < 4.78 is 0. The monoisotopic (exact) mass is 159 g/mol. The van der Waals surface area contributed by atoms with Gasteiger partial charge in [0, 0.05) is 5.56 Å². The van der Waals surface area contributed by atoms with Crippen molar-refractivity contribution in [2.75, 3.05) is 7.11 Å². The van der Waals surface area contributed by atoms with Crippen molar-refractivity contribution in [3.8, 4) is 6.07 Å². The van der Waals surface area contributed by atoms with Crippen molar-refractivity contribution in [1.29, 1.82) is 5.26 Å². The van der Waals surface area contributed by atoms with E-state index >= 15 is 0 Å². The maximum atomic E-state index is 8.49. The first-order chi connectivity index (χ1) is 5.86. The third kappa shape index (κ3) is 2.10. The molecule has 0 aliphatic carbocycles. The van der Waals surface area contributed by atoms with Gasteiger partial charge in [-0.1, -0.05) is 17.3 Å². The summed E-state index contributed by atoms with van der Waals surface area (Å²) in [4.78, 5) is 4.45. The van der Waals surface area contributed by atoms with E-state index in [4.69, 9.17) is 5.26 Å². The van der Waals surface area contributed by atoms with Gasteiger partial charge in [0.2, 0.25) is 0 Å². The average molecular weight is 159 g/mol. The van der Waals surface area contributed by atoms with E-state index in [0.717, 1.165) is 5.56 Å². The van der Waals surface area contributed by atoms with Crippen molar-refractivity contribution in [3.63, 3.8) is 0 Å². The van der Waals surface area contributed by atoms with Crippen LogP contribution in [0.2, 0.25) is 0 Å². The molecule has 0 aliphatic heterocycles. The summed E-state index contributed by atoms with van der Waals surface area (Å²) in [5, 5.41) is 12.0. The van der Waals surface area contributed by atoms with Gasteiger partial charge in [-0.25, -0.2) is 0 Å². The molecule has 3 nitrogen and oxygen atoms in total. The van der Waals surface area contributed by atoms with Gasteiger partial charge in [-0.2, -0.15) is 5.26 Å². The molecule has 0 bridgehead atoms. The lowest BCUT2D eigenvalue weighted by Crippen LogP contribution is -1.81. The Morgan fingerprint density at radius 2 is 1.83 bits per heavy atom. The third-order valence-corrected chi connectivity index (χ3v) is 1.28. The zero-order valence-corrected chi connectivity index (χ0v) is 6.61. The predicted molar refractivity (Wildman–Crippen MR) is 44.7 cm³/mol. The molecule has 1 radical (unpaired) electrons. The molecule has 1 aromatic carbocycles. The Labute approximate surface area is 70.9 Å². The van der Waals surface area contributed by atoms with E-state index in [9.17, 15) is 0 Å². The number of hydrogen-bond donors (Lipinski definition) is 0. The van der Waals surface area contributed by atoms with Gasteiger partial charge >= 0.3 is 0 Å². The molecule has 1 aromatic rings. The van der Waals surface area contributed by atoms with E-state index in [0.29, 0.717) is 5.56 Å². The van der Waals surface area contributed by atoms with Crippen molar-refractivity contribution in [1.82, 2.24) is 0 Å². The zero-order chi connectivity index (χ0) is 8.81. The van der Waals surface area contributed by atoms with Crippen molar-refractivity contribution >= 4 is 6.21 Å². The normalized spacial score (nSPS) is 9.67. The first-order valence-electron chi connectivity index (χ1n) is 3.36. The van der Waals surface area contributed by atoms with E-state index in [1.165, 1.54) is 7.11 Å². The Balaban J connectivity index is 2.80. The van der Waals surface area contributed by atoms with Gasteiger partial charge in [0.05, 0.1) is 11.6 Å².